The highest BCUT2D eigenvalue weighted by molar-refractivity contribution is 5.99. The third-order valence-corrected chi connectivity index (χ3v) is 3.97. The Kier molecular flexibility index (Phi) is 8.96. The molecule has 0 unspecified atom stereocenters. The van der Waals surface area contributed by atoms with Gasteiger partial charge in [-0.2, -0.15) is 13.2 Å². The molecule has 0 aromatic heterocycles. The molecule has 0 saturated carbocycles. The monoisotopic (exact) mass is 417 g/mol. The number of methoxy groups -OCH3 is 2. The van der Waals surface area contributed by atoms with Gasteiger partial charge in [-0.1, -0.05) is 0 Å². The van der Waals surface area contributed by atoms with Crippen LogP contribution in [0.1, 0.15) is 12.0 Å². The number of benzene rings is 1. The molecule has 1 rings (SSSR count). The fraction of sp³-hybridized carbons (Fsp3) is 0.474. The SMILES string of the molecule is COC(=O)/C=C(/Nc1cc(C(F)(F)F)ccc1N(C)CCCN(C)C)C(=O)OC. The summed E-state index contributed by atoms with van der Waals surface area (Å²) < 4.78 is 48.7. The van der Waals surface area contributed by atoms with Gasteiger partial charge in [0.1, 0.15) is 5.70 Å². The third kappa shape index (κ3) is 7.65. The van der Waals surface area contributed by atoms with Gasteiger partial charge in [0.15, 0.2) is 0 Å². The molecule has 0 spiro atoms. The van der Waals surface area contributed by atoms with Crippen molar-refractivity contribution in [3.63, 3.8) is 0 Å². The van der Waals surface area contributed by atoms with Crippen LogP contribution in [0.4, 0.5) is 24.5 Å². The second-order valence-electron chi connectivity index (χ2n) is 6.51. The summed E-state index contributed by atoms with van der Waals surface area (Å²) in [7, 11) is 7.78. The quantitative estimate of drug-likeness (QED) is 0.489. The Morgan fingerprint density at radius 1 is 1.10 bits per heavy atom. The van der Waals surface area contributed by atoms with Crippen LogP contribution >= 0.6 is 0 Å². The van der Waals surface area contributed by atoms with Gasteiger partial charge in [-0.25, -0.2) is 9.59 Å². The second kappa shape index (κ2) is 10.7. The number of nitrogens with zero attached hydrogens (tertiary/aromatic N) is 2. The number of alkyl halides is 3. The number of halogens is 3. The summed E-state index contributed by atoms with van der Waals surface area (Å²) >= 11 is 0. The lowest BCUT2D eigenvalue weighted by atomic mass is 10.1. The minimum Gasteiger partial charge on any atom is -0.466 e. The van der Waals surface area contributed by atoms with Crippen molar-refractivity contribution in [2.45, 2.75) is 12.6 Å². The van der Waals surface area contributed by atoms with Crippen molar-refractivity contribution in [1.82, 2.24) is 4.90 Å². The number of anilines is 2. The molecule has 0 amide bonds. The average molecular weight is 417 g/mol. The fourth-order valence-electron chi connectivity index (χ4n) is 2.47. The molecule has 162 valence electrons. The highest BCUT2D eigenvalue weighted by Gasteiger charge is 2.31. The Balaban J connectivity index is 3.32. The van der Waals surface area contributed by atoms with E-state index in [4.69, 9.17) is 0 Å². The topological polar surface area (TPSA) is 71.1 Å². The summed E-state index contributed by atoms with van der Waals surface area (Å²) in [5.74, 6) is -1.78. The lowest BCUT2D eigenvalue weighted by Crippen LogP contribution is -2.25. The predicted molar refractivity (Wildman–Crippen MR) is 104 cm³/mol. The van der Waals surface area contributed by atoms with Crippen LogP contribution in [-0.4, -0.2) is 65.3 Å². The van der Waals surface area contributed by atoms with Gasteiger partial charge in [-0.15, -0.1) is 0 Å². The summed E-state index contributed by atoms with van der Waals surface area (Å²) in [6.45, 7) is 1.36. The zero-order chi connectivity index (χ0) is 22.2. The van der Waals surface area contributed by atoms with Crippen LogP contribution < -0.4 is 10.2 Å². The number of ether oxygens (including phenoxy) is 2. The van der Waals surface area contributed by atoms with Crippen molar-refractivity contribution in [3.05, 3.63) is 35.5 Å². The molecule has 0 aliphatic heterocycles. The highest BCUT2D eigenvalue weighted by atomic mass is 19.4. The molecule has 0 aliphatic carbocycles. The van der Waals surface area contributed by atoms with Gasteiger partial charge in [-0.05, 0) is 45.3 Å². The minimum absolute atomic E-state index is 0.00716. The lowest BCUT2D eigenvalue weighted by molar-refractivity contribution is -0.138. The van der Waals surface area contributed by atoms with Gasteiger partial charge in [0.05, 0.1) is 37.2 Å². The first kappa shape index (κ1) is 24.3. The summed E-state index contributed by atoms with van der Waals surface area (Å²) in [5.41, 5.74) is -0.807. The number of carbonyl (C=O) groups is 2. The molecule has 0 aliphatic rings. The van der Waals surface area contributed by atoms with E-state index in [1.54, 1.807) is 11.9 Å². The number of rotatable bonds is 9. The fourth-order valence-corrected chi connectivity index (χ4v) is 2.47. The van der Waals surface area contributed by atoms with E-state index in [9.17, 15) is 22.8 Å². The van der Waals surface area contributed by atoms with Crippen LogP contribution in [-0.2, 0) is 25.2 Å². The van der Waals surface area contributed by atoms with Crippen molar-refractivity contribution in [3.8, 4) is 0 Å². The maximum Gasteiger partial charge on any atom is 0.416 e. The zero-order valence-electron chi connectivity index (χ0n) is 17.1. The zero-order valence-corrected chi connectivity index (χ0v) is 17.1. The Morgan fingerprint density at radius 3 is 2.28 bits per heavy atom. The molecule has 0 bridgehead atoms. The molecule has 0 radical (unpaired) electrons. The Bertz CT molecular complexity index is 749. The van der Waals surface area contributed by atoms with Crippen molar-refractivity contribution in [2.24, 2.45) is 0 Å². The van der Waals surface area contributed by atoms with Crippen molar-refractivity contribution < 1.29 is 32.2 Å². The summed E-state index contributed by atoms with van der Waals surface area (Å²) in [6, 6.07) is 3.16. The smallest absolute Gasteiger partial charge is 0.416 e. The second-order valence-corrected chi connectivity index (χ2v) is 6.51. The Labute approximate surface area is 168 Å². The summed E-state index contributed by atoms with van der Waals surface area (Å²) in [6.07, 6.45) is -2.98. The number of hydrogen-bond donors (Lipinski definition) is 1. The van der Waals surface area contributed by atoms with Crippen molar-refractivity contribution >= 4 is 23.3 Å². The summed E-state index contributed by atoms with van der Waals surface area (Å²) in [5, 5.41) is 2.59. The standard InChI is InChI=1S/C19H26F3N3O4/c1-24(2)9-6-10-25(3)16-8-7-13(19(20,21)22)11-14(16)23-15(18(27)29-5)12-17(26)28-4/h7-8,11-12,23H,6,9-10H2,1-5H3/b15-12+. The molecule has 0 fully saturated rings. The van der Waals surface area contributed by atoms with Crippen molar-refractivity contribution in [2.75, 3.05) is 58.7 Å². The first-order chi connectivity index (χ1) is 13.5. The number of carbonyl (C=O) groups excluding carboxylic acids is 2. The highest BCUT2D eigenvalue weighted by Crippen LogP contribution is 2.35. The van der Waals surface area contributed by atoms with Gasteiger partial charge in [0, 0.05) is 13.6 Å². The summed E-state index contributed by atoms with van der Waals surface area (Å²) in [4.78, 5) is 27.3. The molecule has 7 nitrogen and oxygen atoms in total. The molecule has 10 heteroatoms. The molecule has 1 N–H and O–H groups in total. The van der Waals surface area contributed by atoms with Crippen LogP contribution in [0.3, 0.4) is 0 Å². The van der Waals surface area contributed by atoms with E-state index in [0.717, 1.165) is 45.4 Å². The first-order valence-electron chi connectivity index (χ1n) is 8.71. The van der Waals surface area contributed by atoms with Gasteiger partial charge in [0.25, 0.3) is 0 Å². The van der Waals surface area contributed by atoms with Crippen molar-refractivity contribution in [1.29, 1.82) is 0 Å². The van der Waals surface area contributed by atoms with Gasteiger partial charge < -0.3 is 24.6 Å². The normalized spacial score (nSPS) is 12.0. The molecule has 1 aromatic carbocycles. The van der Waals surface area contributed by atoms with E-state index >= 15 is 0 Å². The van der Waals surface area contributed by atoms with Crippen LogP contribution in [0.25, 0.3) is 0 Å². The molecule has 29 heavy (non-hydrogen) atoms. The predicted octanol–water partition coefficient (Wildman–Crippen LogP) is 2.74. The maximum absolute atomic E-state index is 13.2. The number of nitrogens with one attached hydrogen (secondary N) is 1. The molecule has 0 heterocycles. The minimum atomic E-state index is -4.57. The number of hydrogen-bond acceptors (Lipinski definition) is 7. The van der Waals surface area contributed by atoms with E-state index in [-0.39, 0.29) is 11.4 Å². The molecular weight excluding hydrogens is 391 g/mol. The Hall–Kier alpha value is -2.75. The third-order valence-electron chi connectivity index (χ3n) is 3.97. The molecule has 0 atom stereocenters. The van der Waals surface area contributed by atoms with Crippen LogP contribution in [0.5, 0.6) is 0 Å². The molecule has 1 aromatic rings. The Morgan fingerprint density at radius 2 is 1.76 bits per heavy atom. The van der Waals surface area contributed by atoms with E-state index < -0.39 is 23.7 Å². The largest absolute Gasteiger partial charge is 0.466 e. The lowest BCUT2D eigenvalue weighted by Gasteiger charge is -2.25. The van der Waals surface area contributed by atoms with E-state index in [1.807, 2.05) is 19.0 Å². The average Bonchev–Trinajstić information content (AvgIpc) is 2.65. The molecule has 0 saturated heterocycles. The van der Waals surface area contributed by atoms with E-state index in [2.05, 4.69) is 14.8 Å². The van der Waals surface area contributed by atoms with E-state index in [0.29, 0.717) is 12.2 Å². The molecular formula is C19H26F3N3O4. The van der Waals surface area contributed by atoms with E-state index in [1.165, 1.54) is 6.07 Å². The van der Waals surface area contributed by atoms with Gasteiger partial charge >= 0.3 is 18.1 Å². The van der Waals surface area contributed by atoms with Gasteiger partial charge in [0.2, 0.25) is 0 Å². The van der Waals surface area contributed by atoms with Crippen LogP contribution in [0.2, 0.25) is 0 Å². The number of esters is 2. The van der Waals surface area contributed by atoms with Crippen LogP contribution in [0.15, 0.2) is 30.0 Å². The maximum atomic E-state index is 13.2. The first-order valence-corrected chi connectivity index (χ1v) is 8.71. The van der Waals surface area contributed by atoms with Gasteiger partial charge in [-0.3, -0.25) is 0 Å². The van der Waals surface area contributed by atoms with Crippen LogP contribution in [0, 0.1) is 0 Å².